The zero-order chi connectivity index (χ0) is 22.5. The van der Waals surface area contributed by atoms with E-state index in [9.17, 15) is 14.9 Å². The van der Waals surface area contributed by atoms with Crippen LogP contribution < -0.4 is 15.4 Å². The van der Waals surface area contributed by atoms with Gasteiger partial charge < -0.3 is 15.4 Å². The summed E-state index contributed by atoms with van der Waals surface area (Å²) in [5, 5.41) is 16.6. The number of ether oxygens (including phenoxy) is 1. The van der Waals surface area contributed by atoms with Crippen molar-refractivity contribution in [3.8, 4) is 11.8 Å². The molecule has 0 aliphatic carbocycles. The van der Waals surface area contributed by atoms with Gasteiger partial charge in [-0.2, -0.15) is 5.26 Å². The van der Waals surface area contributed by atoms with Crippen molar-refractivity contribution < 1.29 is 14.3 Å². The van der Waals surface area contributed by atoms with E-state index in [1.165, 1.54) is 13.2 Å². The minimum Gasteiger partial charge on any atom is -0.495 e. The maximum absolute atomic E-state index is 12.4. The van der Waals surface area contributed by atoms with Crippen LogP contribution in [0.4, 0.5) is 5.69 Å². The fourth-order valence-electron chi connectivity index (χ4n) is 3.03. The number of methoxy groups -OCH3 is 1. The molecule has 0 aromatic heterocycles. The quantitative estimate of drug-likeness (QED) is 0.561. The lowest BCUT2D eigenvalue weighted by molar-refractivity contribution is -0.121. The van der Waals surface area contributed by atoms with Crippen molar-refractivity contribution in [2.24, 2.45) is 0 Å². The first-order valence-corrected chi connectivity index (χ1v) is 11.1. The largest absolute Gasteiger partial charge is 0.495 e. The first-order valence-electron chi connectivity index (χ1n) is 8.97. The topological polar surface area (TPSA) is 91.2 Å². The maximum Gasteiger partial charge on any atom is 0.234 e. The van der Waals surface area contributed by atoms with Crippen LogP contribution in [0.5, 0.6) is 5.75 Å². The van der Waals surface area contributed by atoms with E-state index in [1.54, 1.807) is 30.3 Å². The predicted octanol–water partition coefficient (Wildman–Crippen LogP) is 5.37. The Morgan fingerprint density at radius 2 is 2.03 bits per heavy atom. The molecule has 2 aromatic rings. The highest BCUT2D eigenvalue weighted by atomic mass is 35.5. The van der Waals surface area contributed by atoms with E-state index in [0.717, 1.165) is 11.8 Å². The van der Waals surface area contributed by atoms with Crippen molar-refractivity contribution in [2.75, 3.05) is 18.2 Å². The van der Waals surface area contributed by atoms with Crippen molar-refractivity contribution in [1.82, 2.24) is 5.32 Å². The number of nitrogens with one attached hydrogen (secondary N) is 2. The summed E-state index contributed by atoms with van der Waals surface area (Å²) in [5.41, 5.74) is 1.50. The van der Waals surface area contributed by atoms with Gasteiger partial charge in [0.1, 0.15) is 5.75 Å². The van der Waals surface area contributed by atoms with Crippen LogP contribution in [-0.4, -0.2) is 24.7 Å². The molecule has 160 valence electrons. The summed E-state index contributed by atoms with van der Waals surface area (Å²) < 4.78 is 5.16. The number of nitrogens with zero attached hydrogens (tertiary/aromatic N) is 1. The molecule has 0 bridgehead atoms. The first-order chi connectivity index (χ1) is 14.8. The zero-order valence-electron chi connectivity index (χ0n) is 16.2. The van der Waals surface area contributed by atoms with Crippen LogP contribution in [0.25, 0.3) is 0 Å². The number of anilines is 1. The number of hydrogen-bond acceptors (Lipinski definition) is 5. The highest BCUT2D eigenvalue weighted by Crippen LogP contribution is 2.38. The first kappa shape index (κ1) is 23.3. The lowest BCUT2D eigenvalue weighted by atomic mass is 9.87. The normalized spacial score (nSPS) is 15.8. The minimum atomic E-state index is -0.474. The second kappa shape index (κ2) is 10.3. The van der Waals surface area contributed by atoms with Gasteiger partial charge in [-0.1, -0.05) is 52.6 Å². The minimum absolute atomic E-state index is 0.0319. The summed E-state index contributed by atoms with van der Waals surface area (Å²) in [6.45, 7) is 0. The lowest BCUT2D eigenvalue weighted by Gasteiger charge is -2.25. The fraction of sp³-hybridized carbons (Fsp3) is 0.190. The van der Waals surface area contributed by atoms with E-state index in [1.807, 2.05) is 0 Å². The Kier molecular flexibility index (Phi) is 7.74. The number of rotatable bonds is 6. The van der Waals surface area contributed by atoms with Gasteiger partial charge in [0.2, 0.25) is 11.8 Å². The van der Waals surface area contributed by atoms with E-state index < -0.39 is 5.92 Å². The van der Waals surface area contributed by atoms with Gasteiger partial charge in [-0.25, -0.2) is 0 Å². The molecule has 6 nitrogen and oxygen atoms in total. The van der Waals surface area contributed by atoms with Crippen LogP contribution in [0.15, 0.2) is 47.0 Å². The molecule has 0 radical (unpaired) electrons. The molecule has 2 amide bonds. The molecule has 10 heteroatoms. The van der Waals surface area contributed by atoms with Crippen LogP contribution in [0.2, 0.25) is 15.1 Å². The zero-order valence-corrected chi connectivity index (χ0v) is 19.3. The Hall–Kier alpha value is -2.37. The monoisotopic (exact) mass is 495 g/mol. The number of carbonyl (C=O) groups excluding carboxylic acids is 2. The molecule has 1 aliphatic rings. The number of hydrogen-bond donors (Lipinski definition) is 2. The Balaban J connectivity index is 1.78. The van der Waals surface area contributed by atoms with Crippen molar-refractivity contribution in [1.29, 1.82) is 5.26 Å². The van der Waals surface area contributed by atoms with Gasteiger partial charge in [-0.3, -0.25) is 9.59 Å². The molecule has 0 fully saturated rings. The number of allylic oxidation sites excluding steroid dienone is 1. The number of thioether (sulfide) groups is 1. The van der Waals surface area contributed by atoms with Gasteiger partial charge in [-0.15, -0.1) is 0 Å². The third-order valence-corrected chi connectivity index (χ3v) is 6.35. The van der Waals surface area contributed by atoms with Crippen molar-refractivity contribution in [3.05, 3.63) is 67.6 Å². The van der Waals surface area contributed by atoms with E-state index in [4.69, 9.17) is 39.5 Å². The molecule has 3 rings (SSSR count). The molecule has 0 saturated carbocycles. The highest BCUT2D eigenvalue weighted by molar-refractivity contribution is 8.03. The standard InChI is InChI=1S/C21H16Cl3N3O3S/c1-30-18-5-2-11(6-16(18)24)13-8-19(28)27-21(14(13)9-25)31-10-20(29)26-17-4-3-12(22)7-15(17)23/h2-7,13H,8,10H2,1H3,(H,26,29)(H,27,28)/t13-/m1/s1. The molecular weight excluding hydrogens is 481 g/mol. The van der Waals surface area contributed by atoms with Crippen LogP contribution in [0.1, 0.15) is 17.9 Å². The van der Waals surface area contributed by atoms with Crippen LogP contribution in [0.3, 0.4) is 0 Å². The van der Waals surface area contributed by atoms with E-state index in [0.29, 0.717) is 42.7 Å². The number of amides is 2. The van der Waals surface area contributed by atoms with E-state index in [-0.39, 0.29) is 24.0 Å². The molecule has 0 unspecified atom stereocenters. The Bertz CT molecular complexity index is 1110. The lowest BCUT2D eigenvalue weighted by Crippen LogP contribution is -2.31. The SMILES string of the molecule is COc1ccc([C@H]2CC(=O)NC(SCC(=O)Nc3ccc(Cl)cc3Cl)=C2C#N)cc1Cl. The molecule has 31 heavy (non-hydrogen) atoms. The van der Waals surface area contributed by atoms with Crippen molar-refractivity contribution in [2.45, 2.75) is 12.3 Å². The fourth-order valence-corrected chi connectivity index (χ4v) is 4.63. The van der Waals surface area contributed by atoms with Gasteiger partial charge >= 0.3 is 0 Å². The number of benzene rings is 2. The summed E-state index contributed by atoms with van der Waals surface area (Å²) in [5.74, 6) is -0.600. The van der Waals surface area contributed by atoms with Crippen LogP contribution in [-0.2, 0) is 9.59 Å². The van der Waals surface area contributed by atoms with Crippen molar-refractivity contribution >= 4 is 64.1 Å². The summed E-state index contributed by atoms with van der Waals surface area (Å²) in [6, 6.07) is 12.0. The molecule has 1 aliphatic heterocycles. The average molecular weight is 497 g/mol. The number of carbonyl (C=O) groups is 2. The van der Waals surface area contributed by atoms with Gasteiger partial charge in [0.25, 0.3) is 0 Å². The molecule has 1 heterocycles. The van der Waals surface area contributed by atoms with E-state index in [2.05, 4.69) is 16.7 Å². The van der Waals surface area contributed by atoms with Crippen LogP contribution in [0, 0.1) is 11.3 Å². The Labute approximate surface area is 198 Å². The molecular formula is C21H16Cl3N3O3S. The van der Waals surface area contributed by atoms with Gasteiger partial charge in [0.15, 0.2) is 0 Å². The van der Waals surface area contributed by atoms with Gasteiger partial charge in [0, 0.05) is 17.4 Å². The summed E-state index contributed by atoms with van der Waals surface area (Å²) in [6.07, 6.45) is 0.0994. The second-order valence-corrected chi connectivity index (χ2v) is 8.75. The van der Waals surface area contributed by atoms with E-state index >= 15 is 0 Å². The van der Waals surface area contributed by atoms with Gasteiger partial charge in [0.05, 0.1) is 45.3 Å². The molecule has 0 saturated heterocycles. The third kappa shape index (κ3) is 5.66. The predicted molar refractivity (Wildman–Crippen MR) is 124 cm³/mol. The third-order valence-electron chi connectivity index (χ3n) is 4.49. The van der Waals surface area contributed by atoms with Crippen LogP contribution >= 0.6 is 46.6 Å². The molecule has 2 aromatic carbocycles. The molecule has 0 spiro atoms. The van der Waals surface area contributed by atoms with Gasteiger partial charge in [-0.05, 0) is 35.9 Å². The summed E-state index contributed by atoms with van der Waals surface area (Å²) >= 11 is 19.2. The second-order valence-electron chi connectivity index (χ2n) is 6.51. The Morgan fingerprint density at radius 3 is 2.68 bits per heavy atom. The number of halogens is 3. The Morgan fingerprint density at radius 1 is 1.26 bits per heavy atom. The smallest absolute Gasteiger partial charge is 0.234 e. The summed E-state index contributed by atoms with van der Waals surface area (Å²) in [4.78, 5) is 24.6. The summed E-state index contributed by atoms with van der Waals surface area (Å²) in [7, 11) is 1.51. The number of nitriles is 1. The molecule has 2 N–H and O–H groups in total. The molecule has 1 atom stereocenters. The maximum atomic E-state index is 12.4. The average Bonchev–Trinajstić information content (AvgIpc) is 2.73. The highest BCUT2D eigenvalue weighted by Gasteiger charge is 2.30. The van der Waals surface area contributed by atoms with Crippen molar-refractivity contribution in [3.63, 3.8) is 0 Å².